The van der Waals surface area contributed by atoms with Crippen molar-refractivity contribution in [3.63, 3.8) is 0 Å². The lowest BCUT2D eigenvalue weighted by atomic mass is 9.75. The molecule has 1 aromatic heterocycles. The first kappa shape index (κ1) is 18.7. The van der Waals surface area contributed by atoms with Crippen molar-refractivity contribution in [2.75, 3.05) is 17.2 Å². The number of rotatable bonds is 3. The van der Waals surface area contributed by atoms with Gasteiger partial charge in [0, 0.05) is 24.2 Å². The molecule has 0 atom stereocenters. The van der Waals surface area contributed by atoms with Gasteiger partial charge in [-0.1, -0.05) is 43.8 Å². The van der Waals surface area contributed by atoms with Gasteiger partial charge in [-0.3, -0.25) is 9.59 Å². The largest absolute Gasteiger partial charge is 0.311 e. The molecule has 2 heterocycles. The molecule has 0 radical (unpaired) electrons. The second-order valence-electron chi connectivity index (χ2n) is 8.10. The Kier molecular flexibility index (Phi) is 4.72. The van der Waals surface area contributed by atoms with Crippen LogP contribution in [0.5, 0.6) is 0 Å². The Morgan fingerprint density at radius 3 is 2.89 bits per heavy atom. The summed E-state index contributed by atoms with van der Waals surface area (Å²) in [5.41, 5.74) is 3.68. The Labute approximate surface area is 168 Å². The van der Waals surface area contributed by atoms with Crippen molar-refractivity contribution in [1.29, 1.82) is 5.26 Å². The number of ketones is 1. The number of nitrogens with zero attached hydrogens (tertiary/aromatic N) is 3. The van der Waals surface area contributed by atoms with Gasteiger partial charge in [0.1, 0.15) is 11.1 Å². The van der Waals surface area contributed by atoms with Gasteiger partial charge in [0.2, 0.25) is 5.91 Å². The van der Waals surface area contributed by atoms with Crippen molar-refractivity contribution in [3.8, 4) is 6.07 Å². The highest BCUT2D eigenvalue weighted by Gasteiger charge is 2.33. The summed E-state index contributed by atoms with van der Waals surface area (Å²) in [5, 5.41) is 10.0. The molecular weight excluding hydrogens is 370 g/mol. The van der Waals surface area contributed by atoms with E-state index >= 15 is 0 Å². The summed E-state index contributed by atoms with van der Waals surface area (Å²) in [7, 11) is 0. The van der Waals surface area contributed by atoms with Gasteiger partial charge in [-0.05, 0) is 36.0 Å². The van der Waals surface area contributed by atoms with E-state index in [9.17, 15) is 14.9 Å². The molecule has 1 aliphatic carbocycles. The first-order valence-electron chi connectivity index (χ1n) is 9.36. The van der Waals surface area contributed by atoms with Crippen LogP contribution in [0.2, 0.25) is 0 Å². The van der Waals surface area contributed by atoms with Gasteiger partial charge >= 0.3 is 0 Å². The third kappa shape index (κ3) is 3.43. The molecule has 1 aliphatic heterocycles. The number of hydrogen-bond donors (Lipinski definition) is 0. The predicted molar refractivity (Wildman–Crippen MR) is 109 cm³/mol. The number of anilines is 1. The Morgan fingerprint density at radius 1 is 1.32 bits per heavy atom. The van der Waals surface area contributed by atoms with Crippen LogP contribution in [0.3, 0.4) is 0 Å². The van der Waals surface area contributed by atoms with E-state index in [-0.39, 0.29) is 22.9 Å². The molecule has 0 saturated heterocycles. The maximum absolute atomic E-state index is 12.8. The zero-order valence-corrected chi connectivity index (χ0v) is 16.8. The molecule has 1 amide bonds. The highest BCUT2D eigenvalue weighted by molar-refractivity contribution is 8.00. The van der Waals surface area contributed by atoms with Crippen molar-refractivity contribution in [3.05, 3.63) is 52.7 Å². The van der Waals surface area contributed by atoms with Crippen LogP contribution in [0.4, 0.5) is 5.69 Å². The SMILES string of the molecule is CC1(C)CC(=O)c2cc(C#N)c(SCC(=O)N3CCc4ccccc43)nc2C1. The monoisotopic (exact) mass is 391 g/mol. The van der Waals surface area contributed by atoms with E-state index < -0.39 is 0 Å². The third-order valence-electron chi connectivity index (χ3n) is 5.29. The number of pyridine rings is 1. The number of nitriles is 1. The van der Waals surface area contributed by atoms with Crippen LogP contribution in [0, 0.1) is 16.7 Å². The van der Waals surface area contributed by atoms with Crippen LogP contribution < -0.4 is 4.90 Å². The van der Waals surface area contributed by atoms with Gasteiger partial charge in [0.05, 0.1) is 17.0 Å². The number of para-hydroxylation sites is 1. The third-order valence-corrected chi connectivity index (χ3v) is 6.27. The van der Waals surface area contributed by atoms with Gasteiger partial charge in [0.25, 0.3) is 0 Å². The number of fused-ring (bicyclic) bond motifs is 2. The molecule has 5 nitrogen and oxygen atoms in total. The fraction of sp³-hybridized carbons (Fsp3) is 0.364. The van der Waals surface area contributed by atoms with Crippen molar-refractivity contribution in [2.45, 2.75) is 38.1 Å². The second-order valence-corrected chi connectivity index (χ2v) is 9.06. The molecular formula is C22H21N3O2S. The predicted octanol–water partition coefficient (Wildman–Crippen LogP) is 3.79. The van der Waals surface area contributed by atoms with Crippen LogP contribution in [0.25, 0.3) is 0 Å². The van der Waals surface area contributed by atoms with E-state index in [2.05, 4.69) is 24.9 Å². The second kappa shape index (κ2) is 7.06. The van der Waals surface area contributed by atoms with Gasteiger partial charge < -0.3 is 4.90 Å². The Bertz CT molecular complexity index is 1020. The fourth-order valence-corrected chi connectivity index (χ4v) is 4.80. The summed E-state index contributed by atoms with van der Waals surface area (Å²) in [6.07, 6.45) is 2.02. The minimum Gasteiger partial charge on any atom is -0.311 e. The van der Waals surface area contributed by atoms with Crippen molar-refractivity contribution < 1.29 is 9.59 Å². The first-order valence-corrected chi connectivity index (χ1v) is 10.3. The summed E-state index contributed by atoms with van der Waals surface area (Å²) >= 11 is 1.28. The minimum absolute atomic E-state index is 0.00904. The molecule has 1 aromatic carbocycles. The van der Waals surface area contributed by atoms with E-state index in [0.717, 1.165) is 17.8 Å². The zero-order valence-electron chi connectivity index (χ0n) is 16.0. The molecule has 0 fully saturated rings. The molecule has 2 aromatic rings. The number of amides is 1. The van der Waals surface area contributed by atoms with Crippen molar-refractivity contribution >= 4 is 29.1 Å². The van der Waals surface area contributed by atoms with Crippen LogP contribution in [0.15, 0.2) is 35.4 Å². The van der Waals surface area contributed by atoms with Crippen molar-refractivity contribution in [2.24, 2.45) is 5.41 Å². The van der Waals surface area contributed by atoms with E-state index in [4.69, 9.17) is 0 Å². The Morgan fingerprint density at radius 2 is 2.11 bits per heavy atom. The first-order chi connectivity index (χ1) is 13.4. The highest BCUT2D eigenvalue weighted by atomic mass is 32.2. The fourth-order valence-electron chi connectivity index (χ4n) is 3.95. The summed E-state index contributed by atoms with van der Waals surface area (Å²) in [5.74, 6) is 0.262. The van der Waals surface area contributed by atoms with E-state index in [1.807, 2.05) is 24.3 Å². The maximum Gasteiger partial charge on any atom is 0.237 e. The average molecular weight is 391 g/mol. The van der Waals surface area contributed by atoms with Gasteiger partial charge in [0.15, 0.2) is 5.78 Å². The quantitative estimate of drug-likeness (QED) is 0.744. The van der Waals surface area contributed by atoms with Gasteiger partial charge in [-0.15, -0.1) is 0 Å². The van der Waals surface area contributed by atoms with E-state index in [0.29, 0.717) is 35.5 Å². The molecule has 0 bridgehead atoms. The number of thioether (sulfide) groups is 1. The maximum atomic E-state index is 12.8. The Balaban J connectivity index is 1.55. The van der Waals surface area contributed by atoms with Crippen LogP contribution in [-0.2, 0) is 17.6 Å². The molecule has 142 valence electrons. The van der Waals surface area contributed by atoms with Crippen LogP contribution >= 0.6 is 11.8 Å². The lowest BCUT2D eigenvalue weighted by Crippen LogP contribution is -2.30. The Hall–Kier alpha value is -2.65. The molecule has 2 aliphatic rings. The standard InChI is InChI=1S/C22H21N3O2S/c1-22(2)10-17-16(19(26)11-22)9-15(12-23)21(24-17)28-13-20(27)25-8-7-14-5-3-4-6-18(14)25/h3-6,9H,7-8,10-11,13H2,1-2H3. The topological polar surface area (TPSA) is 74.1 Å². The smallest absolute Gasteiger partial charge is 0.237 e. The molecule has 0 spiro atoms. The van der Waals surface area contributed by atoms with Crippen LogP contribution in [-0.4, -0.2) is 29.0 Å². The van der Waals surface area contributed by atoms with Gasteiger partial charge in [-0.25, -0.2) is 4.98 Å². The van der Waals surface area contributed by atoms with Crippen molar-refractivity contribution in [1.82, 2.24) is 4.98 Å². The average Bonchev–Trinajstić information content (AvgIpc) is 3.09. The van der Waals surface area contributed by atoms with E-state index in [1.54, 1.807) is 11.0 Å². The summed E-state index contributed by atoms with van der Waals surface area (Å²) in [4.78, 5) is 31.6. The molecule has 0 saturated carbocycles. The summed E-state index contributed by atoms with van der Waals surface area (Å²) in [6, 6.07) is 11.7. The van der Waals surface area contributed by atoms with Gasteiger partial charge in [-0.2, -0.15) is 5.26 Å². The molecule has 0 N–H and O–H groups in total. The number of carbonyl (C=O) groups excluding carboxylic acids is 2. The summed E-state index contributed by atoms with van der Waals surface area (Å²) in [6.45, 7) is 4.79. The zero-order chi connectivity index (χ0) is 19.9. The minimum atomic E-state index is -0.137. The van der Waals surface area contributed by atoms with Crippen LogP contribution in [0.1, 0.15) is 47.4 Å². The number of Topliss-reactive ketones (excluding diaryl/α,β-unsaturated/α-hetero) is 1. The lowest BCUT2D eigenvalue weighted by Gasteiger charge is -2.29. The molecule has 4 rings (SSSR count). The van der Waals surface area contributed by atoms with E-state index in [1.165, 1.54) is 17.3 Å². The summed E-state index contributed by atoms with van der Waals surface area (Å²) < 4.78 is 0. The lowest BCUT2D eigenvalue weighted by molar-refractivity contribution is -0.116. The number of benzene rings is 1. The number of hydrogen-bond acceptors (Lipinski definition) is 5. The number of carbonyl (C=O) groups is 2. The normalized spacial score (nSPS) is 17.0. The molecule has 0 unspecified atom stereocenters. The number of aromatic nitrogens is 1. The molecule has 28 heavy (non-hydrogen) atoms. The highest BCUT2D eigenvalue weighted by Crippen LogP contribution is 2.36. The molecule has 6 heteroatoms.